The van der Waals surface area contributed by atoms with Crippen LogP contribution in [0.25, 0.3) is 11.0 Å². The first-order valence-electron chi connectivity index (χ1n) is 8.31. The minimum Gasteiger partial charge on any atom is -0.467 e. The molecule has 1 heterocycles. The quantitative estimate of drug-likeness (QED) is 0.878. The summed E-state index contributed by atoms with van der Waals surface area (Å²) in [6.45, 7) is 1.92. The van der Waals surface area contributed by atoms with Crippen molar-refractivity contribution in [1.29, 1.82) is 0 Å². The van der Waals surface area contributed by atoms with Gasteiger partial charge in [0.15, 0.2) is 0 Å². The Kier molecular flexibility index (Phi) is 4.30. The summed E-state index contributed by atoms with van der Waals surface area (Å²) >= 11 is 0. The van der Waals surface area contributed by atoms with E-state index >= 15 is 0 Å². The SMILES string of the molecule is COC(=O)C1(NC(=O)c2ccc3c(c2)nc(C)n3C)CCCCC1. The van der Waals surface area contributed by atoms with Gasteiger partial charge in [0.1, 0.15) is 11.4 Å². The van der Waals surface area contributed by atoms with Crippen molar-refractivity contribution < 1.29 is 14.3 Å². The van der Waals surface area contributed by atoms with Crippen LogP contribution in [0.1, 0.15) is 48.3 Å². The minimum absolute atomic E-state index is 0.257. The zero-order chi connectivity index (χ0) is 17.3. The second-order valence-corrected chi connectivity index (χ2v) is 6.51. The van der Waals surface area contributed by atoms with Gasteiger partial charge >= 0.3 is 5.97 Å². The number of fused-ring (bicyclic) bond motifs is 1. The van der Waals surface area contributed by atoms with Crippen molar-refractivity contribution in [3.8, 4) is 0 Å². The number of esters is 1. The zero-order valence-electron chi connectivity index (χ0n) is 14.4. The molecule has 0 atom stereocenters. The van der Waals surface area contributed by atoms with Crippen molar-refractivity contribution in [2.24, 2.45) is 7.05 Å². The van der Waals surface area contributed by atoms with Crippen LogP contribution in [-0.4, -0.2) is 34.1 Å². The third-order valence-electron chi connectivity index (χ3n) is 5.00. The number of carbonyl (C=O) groups excluding carboxylic acids is 2. The molecule has 6 nitrogen and oxygen atoms in total. The smallest absolute Gasteiger partial charge is 0.331 e. The van der Waals surface area contributed by atoms with Gasteiger partial charge in [0.05, 0.1) is 18.1 Å². The molecular weight excluding hydrogens is 306 g/mol. The van der Waals surface area contributed by atoms with Crippen molar-refractivity contribution in [2.45, 2.75) is 44.6 Å². The van der Waals surface area contributed by atoms with Crippen molar-refractivity contribution in [3.05, 3.63) is 29.6 Å². The average molecular weight is 329 g/mol. The summed E-state index contributed by atoms with van der Waals surface area (Å²) in [5.41, 5.74) is 1.36. The second-order valence-electron chi connectivity index (χ2n) is 6.51. The number of carbonyl (C=O) groups is 2. The average Bonchev–Trinajstić information content (AvgIpc) is 2.88. The molecule has 3 rings (SSSR count). The fourth-order valence-electron chi connectivity index (χ4n) is 3.48. The Labute approximate surface area is 141 Å². The molecule has 0 radical (unpaired) electrons. The van der Waals surface area contributed by atoms with E-state index in [0.717, 1.165) is 36.1 Å². The lowest BCUT2D eigenvalue weighted by molar-refractivity contribution is -0.149. The molecule has 0 bridgehead atoms. The molecule has 24 heavy (non-hydrogen) atoms. The van der Waals surface area contributed by atoms with Crippen LogP contribution in [0, 0.1) is 6.92 Å². The molecule has 0 unspecified atom stereocenters. The van der Waals surface area contributed by atoms with Crippen molar-refractivity contribution in [3.63, 3.8) is 0 Å². The third-order valence-corrected chi connectivity index (χ3v) is 5.00. The summed E-state index contributed by atoms with van der Waals surface area (Å²) in [4.78, 5) is 29.4. The number of imidazole rings is 1. The van der Waals surface area contributed by atoms with Crippen LogP contribution in [0.3, 0.4) is 0 Å². The summed E-state index contributed by atoms with van der Waals surface area (Å²) in [5.74, 6) is 0.277. The van der Waals surface area contributed by atoms with Gasteiger partial charge in [-0.3, -0.25) is 4.79 Å². The van der Waals surface area contributed by atoms with Gasteiger partial charge in [-0.05, 0) is 38.0 Å². The Morgan fingerprint density at radius 3 is 2.62 bits per heavy atom. The molecule has 1 N–H and O–H groups in total. The topological polar surface area (TPSA) is 73.2 Å². The van der Waals surface area contributed by atoms with Crippen LogP contribution in [0.5, 0.6) is 0 Å². The van der Waals surface area contributed by atoms with Crippen molar-refractivity contribution in [1.82, 2.24) is 14.9 Å². The number of ether oxygens (including phenoxy) is 1. The molecule has 1 amide bonds. The van der Waals surface area contributed by atoms with E-state index in [1.807, 2.05) is 24.6 Å². The lowest BCUT2D eigenvalue weighted by Gasteiger charge is -2.35. The molecule has 1 aliphatic carbocycles. The van der Waals surface area contributed by atoms with Crippen LogP contribution in [0.15, 0.2) is 18.2 Å². The lowest BCUT2D eigenvalue weighted by atomic mass is 9.81. The van der Waals surface area contributed by atoms with Gasteiger partial charge in [0.2, 0.25) is 0 Å². The Balaban J connectivity index is 1.89. The maximum Gasteiger partial charge on any atom is 0.331 e. The zero-order valence-corrected chi connectivity index (χ0v) is 14.4. The number of benzene rings is 1. The monoisotopic (exact) mass is 329 g/mol. The number of aryl methyl sites for hydroxylation is 2. The predicted molar refractivity (Wildman–Crippen MR) is 90.7 cm³/mol. The summed E-state index contributed by atoms with van der Waals surface area (Å²) in [5, 5.41) is 2.94. The number of hydrogen-bond acceptors (Lipinski definition) is 4. The van der Waals surface area contributed by atoms with E-state index in [-0.39, 0.29) is 11.9 Å². The largest absolute Gasteiger partial charge is 0.467 e. The number of aromatic nitrogens is 2. The second kappa shape index (κ2) is 6.26. The van der Waals surface area contributed by atoms with Crippen LogP contribution < -0.4 is 5.32 Å². The fraction of sp³-hybridized carbons (Fsp3) is 0.500. The van der Waals surface area contributed by atoms with E-state index in [9.17, 15) is 9.59 Å². The number of rotatable bonds is 3. The number of hydrogen-bond donors (Lipinski definition) is 1. The molecule has 0 aliphatic heterocycles. The highest BCUT2D eigenvalue weighted by Crippen LogP contribution is 2.30. The highest BCUT2D eigenvalue weighted by atomic mass is 16.5. The molecule has 1 aromatic heterocycles. The van der Waals surface area contributed by atoms with Gasteiger partial charge in [0.25, 0.3) is 5.91 Å². The van der Waals surface area contributed by atoms with E-state index in [0.29, 0.717) is 18.4 Å². The van der Waals surface area contributed by atoms with E-state index in [4.69, 9.17) is 4.74 Å². The molecule has 0 saturated heterocycles. The first-order valence-corrected chi connectivity index (χ1v) is 8.31. The van der Waals surface area contributed by atoms with E-state index < -0.39 is 5.54 Å². The van der Waals surface area contributed by atoms with Crippen LogP contribution in [-0.2, 0) is 16.6 Å². The first-order chi connectivity index (χ1) is 11.5. The van der Waals surface area contributed by atoms with Gasteiger partial charge in [-0.2, -0.15) is 0 Å². The van der Waals surface area contributed by atoms with Gasteiger partial charge in [-0.15, -0.1) is 0 Å². The molecule has 0 spiro atoms. The third kappa shape index (κ3) is 2.77. The highest BCUT2D eigenvalue weighted by Gasteiger charge is 2.42. The van der Waals surface area contributed by atoms with E-state index in [2.05, 4.69) is 10.3 Å². The molecule has 1 fully saturated rings. The first kappa shape index (κ1) is 16.5. The molecule has 1 saturated carbocycles. The summed E-state index contributed by atoms with van der Waals surface area (Å²) in [7, 11) is 3.31. The molecule has 6 heteroatoms. The maximum absolute atomic E-state index is 12.7. The molecule has 1 aromatic carbocycles. The Morgan fingerprint density at radius 2 is 1.96 bits per heavy atom. The predicted octanol–water partition coefficient (Wildman–Crippen LogP) is 2.49. The van der Waals surface area contributed by atoms with Crippen LogP contribution in [0.4, 0.5) is 0 Å². The number of methoxy groups -OCH3 is 1. The normalized spacial score (nSPS) is 16.8. The number of amides is 1. The van der Waals surface area contributed by atoms with Gasteiger partial charge < -0.3 is 14.6 Å². The standard InChI is InChI=1S/C18H23N3O3/c1-12-19-14-11-13(7-8-15(14)21(12)2)16(22)20-18(17(23)24-3)9-5-4-6-10-18/h7-8,11H,4-6,9-10H2,1-3H3,(H,20,22). The van der Waals surface area contributed by atoms with E-state index in [1.165, 1.54) is 7.11 Å². The summed E-state index contributed by atoms with van der Waals surface area (Å²) in [6.07, 6.45) is 4.14. The van der Waals surface area contributed by atoms with Crippen molar-refractivity contribution >= 4 is 22.9 Å². The fourth-order valence-corrected chi connectivity index (χ4v) is 3.48. The summed E-state index contributed by atoms with van der Waals surface area (Å²) < 4.78 is 6.93. The molecule has 2 aromatic rings. The highest BCUT2D eigenvalue weighted by molar-refractivity contribution is 6.00. The lowest BCUT2D eigenvalue weighted by Crippen LogP contribution is -2.56. The van der Waals surface area contributed by atoms with Gasteiger partial charge in [-0.1, -0.05) is 19.3 Å². The van der Waals surface area contributed by atoms with Crippen LogP contribution in [0.2, 0.25) is 0 Å². The minimum atomic E-state index is -0.904. The molecule has 128 valence electrons. The van der Waals surface area contributed by atoms with Gasteiger partial charge in [-0.25, -0.2) is 9.78 Å². The summed E-state index contributed by atoms with van der Waals surface area (Å²) in [6, 6.07) is 5.42. The molecule has 1 aliphatic rings. The number of nitrogens with zero attached hydrogens (tertiary/aromatic N) is 2. The van der Waals surface area contributed by atoms with Crippen molar-refractivity contribution in [2.75, 3.05) is 7.11 Å². The molecular formula is C18H23N3O3. The Bertz CT molecular complexity index is 788. The Hall–Kier alpha value is -2.37. The van der Waals surface area contributed by atoms with E-state index in [1.54, 1.807) is 12.1 Å². The van der Waals surface area contributed by atoms with Gasteiger partial charge in [0, 0.05) is 12.6 Å². The van der Waals surface area contributed by atoms with Crippen LogP contribution >= 0.6 is 0 Å². The maximum atomic E-state index is 12.7. The Morgan fingerprint density at radius 1 is 1.25 bits per heavy atom. The number of nitrogens with one attached hydrogen (secondary N) is 1.